The number of benzene rings is 2. The van der Waals surface area contributed by atoms with Gasteiger partial charge in [0.2, 0.25) is 0 Å². The maximum absolute atomic E-state index is 12.1. The first kappa shape index (κ1) is 17.9. The summed E-state index contributed by atoms with van der Waals surface area (Å²) in [6.07, 6.45) is 6.66. The Morgan fingerprint density at radius 1 is 0.960 bits per heavy atom. The summed E-state index contributed by atoms with van der Waals surface area (Å²) in [6, 6.07) is 15.8. The Balaban J connectivity index is 1.63. The molecule has 4 heteroatoms. The van der Waals surface area contributed by atoms with E-state index in [2.05, 4.69) is 50.7 Å². The van der Waals surface area contributed by atoms with Crippen molar-refractivity contribution in [2.75, 3.05) is 0 Å². The van der Waals surface area contributed by atoms with Crippen molar-refractivity contribution >= 4 is 27.5 Å². The molecule has 130 valence electrons. The van der Waals surface area contributed by atoms with Gasteiger partial charge in [-0.05, 0) is 61.1 Å². The van der Waals surface area contributed by atoms with Gasteiger partial charge < -0.3 is 0 Å². The zero-order valence-corrected chi connectivity index (χ0v) is 16.1. The van der Waals surface area contributed by atoms with E-state index >= 15 is 0 Å². The van der Waals surface area contributed by atoms with Crippen LogP contribution in [-0.4, -0.2) is 11.6 Å². The lowest BCUT2D eigenvalue weighted by molar-refractivity contribution is 0.0955. The minimum absolute atomic E-state index is 0.203. The Kier molecular flexibility index (Phi) is 6.03. The van der Waals surface area contributed by atoms with E-state index in [-0.39, 0.29) is 5.91 Å². The largest absolute Gasteiger partial charge is 0.271 e. The fourth-order valence-electron chi connectivity index (χ4n) is 3.30. The third-order valence-electron chi connectivity index (χ3n) is 4.84. The van der Waals surface area contributed by atoms with E-state index in [4.69, 9.17) is 0 Å². The van der Waals surface area contributed by atoms with Crippen LogP contribution in [0.4, 0.5) is 0 Å². The third-order valence-corrected chi connectivity index (χ3v) is 5.37. The lowest BCUT2D eigenvalue weighted by atomic mass is 9.84. The lowest BCUT2D eigenvalue weighted by Gasteiger charge is -2.22. The van der Waals surface area contributed by atoms with Crippen molar-refractivity contribution < 1.29 is 4.79 Å². The molecule has 1 aliphatic carbocycles. The van der Waals surface area contributed by atoms with Crippen LogP contribution in [0.25, 0.3) is 0 Å². The van der Waals surface area contributed by atoms with Gasteiger partial charge in [0.15, 0.2) is 0 Å². The molecule has 0 saturated heterocycles. The van der Waals surface area contributed by atoms with Crippen molar-refractivity contribution in [3.05, 3.63) is 69.7 Å². The molecular weight excluding hydrogens is 376 g/mol. The zero-order chi connectivity index (χ0) is 17.6. The number of halogens is 1. The van der Waals surface area contributed by atoms with E-state index in [1.807, 2.05) is 19.1 Å². The summed E-state index contributed by atoms with van der Waals surface area (Å²) in [5.74, 6) is 0.503. The monoisotopic (exact) mass is 398 g/mol. The average Bonchev–Trinajstić information content (AvgIpc) is 2.67. The molecule has 0 heterocycles. The van der Waals surface area contributed by atoms with E-state index < -0.39 is 0 Å². The second-order valence-corrected chi connectivity index (χ2v) is 7.52. The summed E-state index contributed by atoms with van der Waals surface area (Å²) in [6.45, 7) is 1.91. The van der Waals surface area contributed by atoms with E-state index in [9.17, 15) is 4.79 Å². The van der Waals surface area contributed by atoms with Gasteiger partial charge in [-0.3, -0.25) is 4.79 Å². The molecule has 1 aliphatic rings. The summed E-state index contributed by atoms with van der Waals surface area (Å²) in [7, 11) is 0. The Labute approximate surface area is 157 Å². The molecule has 0 radical (unpaired) electrons. The molecule has 2 aromatic rings. The number of hydrazone groups is 1. The van der Waals surface area contributed by atoms with Crippen LogP contribution in [0.15, 0.2) is 58.1 Å². The quantitative estimate of drug-likeness (QED) is 0.524. The summed E-state index contributed by atoms with van der Waals surface area (Å²) in [5.41, 5.74) is 6.49. The average molecular weight is 399 g/mol. The van der Waals surface area contributed by atoms with Gasteiger partial charge >= 0.3 is 0 Å². The number of hydrogen-bond acceptors (Lipinski definition) is 2. The molecule has 0 aromatic heterocycles. The van der Waals surface area contributed by atoms with Crippen molar-refractivity contribution in [3.63, 3.8) is 0 Å². The predicted octanol–water partition coefficient (Wildman–Crippen LogP) is 5.65. The maximum Gasteiger partial charge on any atom is 0.271 e. The molecule has 2 aromatic carbocycles. The molecule has 0 aliphatic heterocycles. The number of carbonyl (C=O) groups is 1. The second-order valence-electron chi connectivity index (χ2n) is 6.60. The molecule has 3 rings (SSSR count). The number of rotatable bonds is 4. The number of nitrogens with zero attached hydrogens (tertiary/aromatic N) is 1. The first-order chi connectivity index (χ1) is 12.1. The van der Waals surface area contributed by atoms with Crippen molar-refractivity contribution in [2.24, 2.45) is 5.10 Å². The molecule has 1 amide bonds. The van der Waals surface area contributed by atoms with E-state index in [0.717, 1.165) is 15.7 Å². The zero-order valence-electron chi connectivity index (χ0n) is 14.5. The van der Waals surface area contributed by atoms with Gasteiger partial charge in [-0.25, -0.2) is 5.43 Å². The molecule has 0 atom stereocenters. The van der Waals surface area contributed by atoms with Crippen molar-refractivity contribution in [1.82, 2.24) is 5.43 Å². The van der Waals surface area contributed by atoms with Crippen LogP contribution in [0.1, 0.15) is 66.4 Å². The van der Waals surface area contributed by atoms with Crippen LogP contribution in [0.3, 0.4) is 0 Å². The first-order valence-corrected chi connectivity index (χ1v) is 9.63. The van der Waals surface area contributed by atoms with Crippen molar-refractivity contribution in [3.8, 4) is 0 Å². The molecule has 1 fully saturated rings. The maximum atomic E-state index is 12.1. The van der Waals surface area contributed by atoms with Gasteiger partial charge in [0, 0.05) is 10.0 Å². The minimum Gasteiger partial charge on any atom is -0.267 e. The summed E-state index contributed by atoms with van der Waals surface area (Å²) in [4.78, 5) is 12.1. The van der Waals surface area contributed by atoms with E-state index in [1.165, 1.54) is 37.7 Å². The molecule has 25 heavy (non-hydrogen) atoms. The normalized spacial score (nSPS) is 15.8. The van der Waals surface area contributed by atoms with Gasteiger partial charge in [0.25, 0.3) is 5.91 Å². The summed E-state index contributed by atoms with van der Waals surface area (Å²) >= 11 is 3.36. The number of hydrogen-bond donors (Lipinski definition) is 1. The van der Waals surface area contributed by atoms with Gasteiger partial charge in [0.1, 0.15) is 0 Å². The topological polar surface area (TPSA) is 41.5 Å². The molecule has 1 N–H and O–H groups in total. The summed E-state index contributed by atoms with van der Waals surface area (Å²) < 4.78 is 0.946. The lowest BCUT2D eigenvalue weighted by Crippen LogP contribution is -2.19. The number of amides is 1. The van der Waals surface area contributed by atoms with Gasteiger partial charge in [-0.1, -0.05) is 59.5 Å². The van der Waals surface area contributed by atoms with Crippen LogP contribution in [0.5, 0.6) is 0 Å². The molecular formula is C21H23BrN2O. The van der Waals surface area contributed by atoms with E-state index in [1.54, 1.807) is 12.1 Å². The molecule has 0 spiro atoms. The Bertz CT molecular complexity index is 744. The highest BCUT2D eigenvalue weighted by molar-refractivity contribution is 9.10. The fourth-order valence-corrected chi connectivity index (χ4v) is 3.56. The van der Waals surface area contributed by atoms with Gasteiger partial charge in [-0.15, -0.1) is 0 Å². The number of carbonyl (C=O) groups excluding carboxylic acids is 1. The van der Waals surface area contributed by atoms with Crippen LogP contribution < -0.4 is 5.43 Å². The molecule has 0 bridgehead atoms. The Morgan fingerprint density at radius 2 is 1.56 bits per heavy atom. The second kappa shape index (κ2) is 8.43. The highest BCUT2D eigenvalue weighted by Gasteiger charge is 2.15. The third kappa shape index (κ3) is 4.79. The van der Waals surface area contributed by atoms with Gasteiger partial charge in [-0.2, -0.15) is 5.10 Å². The summed E-state index contributed by atoms with van der Waals surface area (Å²) in [5, 5.41) is 4.24. The molecule has 0 unspecified atom stereocenters. The highest BCUT2D eigenvalue weighted by Crippen LogP contribution is 2.32. The fraction of sp³-hybridized carbons (Fsp3) is 0.333. The molecule has 1 saturated carbocycles. The minimum atomic E-state index is -0.203. The Morgan fingerprint density at radius 3 is 2.20 bits per heavy atom. The molecule has 3 nitrogen and oxygen atoms in total. The van der Waals surface area contributed by atoms with Gasteiger partial charge in [0.05, 0.1) is 5.71 Å². The first-order valence-electron chi connectivity index (χ1n) is 8.84. The predicted molar refractivity (Wildman–Crippen MR) is 106 cm³/mol. The standard InChI is InChI=1S/C21H23BrN2O/c1-15(23-24-21(25)19-11-13-20(22)14-12-19)16-7-9-18(10-8-16)17-5-3-2-4-6-17/h7-14,17H,2-6H2,1H3,(H,24,25). The van der Waals surface area contributed by atoms with Crippen LogP contribution in [-0.2, 0) is 0 Å². The van der Waals surface area contributed by atoms with Crippen LogP contribution in [0, 0.1) is 0 Å². The van der Waals surface area contributed by atoms with Crippen molar-refractivity contribution in [1.29, 1.82) is 0 Å². The Hall–Kier alpha value is -1.94. The smallest absolute Gasteiger partial charge is 0.267 e. The van der Waals surface area contributed by atoms with Crippen LogP contribution in [0.2, 0.25) is 0 Å². The SMILES string of the molecule is CC(=NNC(=O)c1ccc(Br)cc1)c1ccc(C2CCCCC2)cc1. The van der Waals surface area contributed by atoms with Crippen LogP contribution >= 0.6 is 15.9 Å². The number of nitrogens with one attached hydrogen (secondary N) is 1. The highest BCUT2D eigenvalue weighted by atomic mass is 79.9. The van der Waals surface area contributed by atoms with E-state index in [0.29, 0.717) is 11.5 Å². The van der Waals surface area contributed by atoms with Crippen molar-refractivity contribution in [2.45, 2.75) is 44.9 Å².